The first-order valence-corrected chi connectivity index (χ1v) is 4.83. The van der Waals surface area contributed by atoms with Crippen LogP contribution in [-0.2, 0) is 0 Å². The minimum atomic E-state index is -0.885. The molecule has 0 aromatic carbocycles. The lowest BCUT2D eigenvalue weighted by molar-refractivity contribution is 0.0971. The van der Waals surface area contributed by atoms with E-state index in [4.69, 9.17) is 5.21 Å². The quantitative estimate of drug-likeness (QED) is 0.443. The van der Waals surface area contributed by atoms with Crippen LogP contribution in [-0.4, -0.2) is 21.6 Å². The van der Waals surface area contributed by atoms with Crippen molar-refractivity contribution in [3.05, 3.63) is 0 Å². The first kappa shape index (κ1) is 9.00. The maximum Gasteiger partial charge on any atom is 0.103 e. The molecule has 0 heterocycles. The van der Waals surface area contributed by atoms with Crippen LogP contribution in [0.3, 0.4) is 0 Å². The summed E-state index contributed by atoms with van der Waals surface area (Å²) in [5.41, 5.74) is -0.000509. The number of aliphatic hydroxyl groups is 1. The first-order valence-electron chi connectivity index (χ1n) is 4.83. The summed E-state index contributed by atoms with van der Waals surface area (Å²) in [6, 6.07) is 0. The number of nitrogens with zero attached hydrogens (tertiary/aromatic N) is 1. The molecule has 0 aromatic rings. The lowest BCUT2D eigenvalue weighted by atomic mass is 9.85. The second kappa shape index (κ2) is 2.27. The Balaban J connectivity index is 2.22. The second-order valence-electron chi connectivity index (χ2n) is 5.26. The first-order chi connectivity index (χ1) is 5.89. The van der Waals surface area contributed by atoms with E-state index in [1.807, 2.05) is 0 Å². The lowest BCUT2D eigenvalue weighted by Gasteiger charge is -2.27. The molecule has 2 saturated carbocycles. The van der Waals surface area contributed by atoms with Gasteiger partial charge in [0.15, 0.2) is 0 Å². The highest BCUT2D eigenvalue weighted by Gasteiger charge is 2.63. The fourth-order valence-corrected chi connectivity index (χ4v) is 2.79. The van der Waals surface area contributed by atoms with Crippen LogP contribution >= 0.6 is 0 Å². The molecule has 2 aliphatic rings. The largest absolute Gasteiger partial charge is 0.411 e. The molecule has 2 aliphatic carbocycles. The fourth-order valence-electron chi connectivity index (χ4n) is 2.79. The Bertz CT molecular complexity index is 268. The summed E-state index contributed by atoms with van der Waals surface area (Å²) in [5.74, 6) is 1.21. The SMILES string of the molecule is CC1(C)[C@@H]2C/C(=N\O)[C@@](C)(O)C[C@@H]21. The van der Waals surface area contributed by atoms with Crippen molar-refractivity contribution in [1.82, 2.24) is 0 Å². The van der Waals surface area contributed by atoms with E-state index in [-0.39, 0.29) is 0 Å². The normalized spacial score (nSPS) is 50.3. The topological polar surface area (TPSA) is 52.8 Å². The van der Waals surface area contributed by atoms with Crippen LogP contribution in [0.25, 0.3) is 0 Å². The van der Waals surface area contributed by atoms with Gasteiger partial charge in [-0.1, -0.05) is 19.0 Å². The van der Waals surface area contributed by atoms with Gasteiger partial charge in [0, 0.05) is 0 Å². The average molecular weight is 183 g/mol. The summed E-state index contributed by atoms with van der Waals surface area (Å²) in [6.07, 6.45) is 1.49. The van der Waals surface area contributed by atoms with E-state index in [1.54, 1.807) is 6.92 Å². The third kappa shape index (κ3) is 1.10. The highest BCUT2D eigenvalue weighted by molar-refractivity contribution is 5.93. The molecule has 74 valence electrons. The van der Waals surface area contributed by atoms with Gasteiger partial charge in [-0.25, -0.2) is 0 Å². The minimum absolute atomic E-state index is 0.330. The maximum atomic E-state index is 9.97. The van der Waals surface area contributed by atoms with Gasteiger partial charge in [-0.05, 0) is 37.0 Å². The van der Waals surface area contributed by atoms with Crippen molar-refractivity contribution >= 4 is 5.71 Å². The molecule has 0 aliphatic heterocycles. The van der Waals surface area contributed by atoms with Crippen molar-refractivity contribution in [2.45, 2.75) is 39.2 Å². The van der Waals surface area contributed by atoms with Gasteiger partial charge in [0.05, 0.1) is 5.71 Å². The number of hydrogen-bond acceptors (Lipinski definition) is 3. The highest BCUT2D eigenvalue weighted by Crippen LogP contribution is 2.65. The Hall–Kier alpha value is -0.570. The molecule has 0 spiro atoms. The third-order valence-corrected chi connectivity index (χ3v) is 4.06. The molecule has 2 rings (SSSR count). The van der Waals surface area contributed by atoms with E-state index < -0.39 is 5.60 Å². The maximum absolute atomic E-state index is 9.97. The zero-order chi connectivity index (χ0) is 9.85. The van der Waals surface area contributed by atoms with Crippen molar-refractivity contribution in [1.29, 1.82) is 0 Å². The summed E-state index contributed by atoms with van der Waals surface area (Å²) in [4.78, 5) is 0. The molecular formula is C10H17NO2. The van der Waals surface area contributed by atoms with Crippen LogP contribution in [0.1, 0.15) is 33.6 Å². The smallest absolute Gasteiger partial charge is 0.103 e. The predicted molar refractivity (Wildman–Crippen MR) is 49.8 cm³/mol. The standard InChI is InChI=1S/C10H17NO2/c1-9(2)6-4-8(11-13)10(3,12)5-7(6)9/h6-7,12-13H,4-5H2,1-3H3/b11-8+/t6-,7+,10+/m1/s1. The van der Waals surface area contributed by atoms with E-state index >= 15 is 0 Å². The molecule has 0 unspecified atom stereocenters. The summed E-state index contributed by atoms with van der Waals surface area (Å²) >= 11 is 0. The third-order valence-electron chi connectivity index (χ3n) is 4.06. The molecule has 0 saturated heterocycles. The van der Waals surface area contributed by atoms with Crippen LogP contribution in [0.2, 0.25) is 0 Å². The van der Waals surface area contributed by atoms with Gasteiger partial charge in [0.25, 0.3) is 0 Å². The molecule has 0 amide bonds. The number of fused-ring (bicyclic) bond motifs is 1. The van der Waals surface area contributed by atoms with Gasteiger partial charge in [0.1, 0.15) is 5.60 Å². The van der Waals surface area contributed by atoms with Crippen LogP contribution in [0, 0.1) is 17.3 Å². The van der Waals surface area contributed by atoms with Crippen LogP contribution in [0.5, 0.6) is 0 Å². The zero-order valence-electron chi connectivity index (χ0n) is 8.41. The summed E-state index contributed by atoms with van der Waals surface area (Å²) in [7, 11) is 0. The van der Waals surface area contributed by atoms with E-state index in [0.29, 0.717) is 23.0 Å². The van der Waals surface area contributed by atoms with E-state index in [1.165, 1.54) is 0 Å². The molecule has 2 N–H and O–H groups in total. The van der Waals surface area contributed by atoms with Crippen LogP contribution < -0.4 is 0 Å². The van der Waals surface area contributed by atoms with Gasteiger partial charge in [-0.2, -0.15) is 0 Å². The molecule has 2 fully saturated rings. The summed E-state index contributed by atoms with van der Waals surface area (Å²) < 4.78 is 0. The Labute approximate surface area is 78.4 Å². The molecule has 3 heteroatoms. The Morgan fingerprint density at radius 1 is 1.31 bits per heavy atom. The number of rotatable bonds is 0. The van der Waals surface area contributed by atoms with Crippen molar-refractivity contribution in [3.8, 4) is 0 Å². The molecule has 0 radical (unpaired) electrons. The van der Waals surface area contributed by atoms with E-state index in [2.05, 4.69) is 19.0 Å². The van der Waals surface area contributed by atoms with Gasteiger partial charge in [-0.3, -0.25) is 0 Å². The second-order valence-corrected chi connectivity index (χ2v) is 5.26. The summed E-state index contributed by atoms with van der Waals surface area (Å²) in [5, 5.41) is 21.9. The van der Waals surface area contributed by atoms with Gasteiger partial charge < -0.3 is 10.3 Å². The Morgan fingerprint density at radius 2 is 1.92 bits per heavy atom. The van der Waals surface area contributed by atoms with Crippen molar-refractivity contribution in [3.63, 3.8) is 0 Å². The molecule has 3 atom stereocenters. The zero-order valence-corrected chi connectivity index (χ0v) is 8.41. The minimum Gasteiger partial charge on any atom is -0.411 e. The Kier molecular flexibility index (Phi) is 1.57. The molecule has 3 nitrogen and oxygen atoms in total. The monoisotopic (exact) mass is 183 g/mol. The van der Waals surface area contributed by atoms with Crippen molar-refractivity contribution < 1.29 is 10.3 Å². The van der Waals surface area contributed by atoms with Gasteiger partial charge in [0.2, 0.25) is 0 Å². The van der Waals surface area contributed by atoms with Crippen molar-refractivity contribution in [2.75, 3.05) is 0 Å². The Morgan fingerprint density at radius 3 is 2.46 bits per heavy atom. The molecule has 13 heavy (non-hydrogen) atoms. The molecular weight excluding hydrogens is 166 g/mol. The molecule has 0 bridgehead atoms. The van der Waals surface area contributed by atoms with E-state index in [0.717, 1.165) is 12.8 Å². The van der Waals surface area contributed by atoms with Crippen molar-refractivity contribution in [2.24, 2.45) is 22.4 Å². The molecule has 0 aromatic heterocycles. The van der Waals surface area contributed by atoms with Gasteiger partial charge >= 0.3 is 0 Å². The predicted octanol–water partition coefficient (Wildman–Crippen LogP) is 1.63. The summed E-state index contributed by atoms with van der Waals surface area (Å²) in [6.45, 7) is 6.18. The van der Waals surface area contributed by atoms with Crippen LogP contribution in [0.15, 0.2) is 5.16 Å². The van der Waals surface area contributed by atoms with Crippen LogP contribution in [0.4, 0.5) is 0 Å². The number of hydrogen-bond donors (Lipinski definition) is 2. The average Bonchev–Trinajstić information content (AvgIpc) is 2.50. The number of oxime groups is 1. The van der Waals surface area contributed by atoms with Gasteiger partial charge in [-0.15, -0.1) is 0 Å². The van der Waals surface area contributed by atoms with E-state index in [9.17, 15) is 5.11 Å². The fraction of sp³-hybridized carbons (Fsp3) is 0.900. The highest BCUT2D eigenvalue weighted by atomic mass is 16.4. The lowest BCUT2D eigenvalue weighted by Crippen LogP contribution is -2.39.